The van der Waals surface area contributed by atoms with Crippen molar-refractivity contribution in [1.82, 2.24) is 10.2 Å². The van der Waals surface area contributed by atoms with Gasteiger partial charge in [0.05, 0.1) is 26.2 Å². The summed E-state index contributed by atoms with van der Waals surface area (Å²) in [6.45, 7) is 4.76. The number of rotatable bonds is 7. The molecule has 0 bridgehead atoms. The predicted molar refractivity (Wildman–Crippen MR) is 89.3 cm³/mol. The van der Waals surface area contributed by atoms with Crippen LogP contribution in [-0.2, 0) is 11.3 Å². The number of carbonyl (C=O) groups is 1. The van der Waals surface area contributed by atoms with E-state index in [0.717, 1.165) is 22.8 Å². The number of methoxy groups -OCH3 is 1. The van der Waals surface area contributed by atoms with Crippen molar-refractivity contribution in [3.8, 4) is 5.75 Å². The van der Waals surface area contributed by atoms with E-state index in [1.807, 2.05) is 62.2 Å². The predicted octanol–water partition coefficient (Wildman–Crippen LogP) is 2.91. The van der Waals surface area contributed by atoms with Crippen LogP contribution < -0.4 is 10.1 Å². The van der Waals surface area contributed by atoms with Crippen molar-refractivity contribution in [3.63, 3.8) is 0 Å². The summed E-state index contributed by atoms with van der Waals surface area (Å²) in [5.41, 5.74) is 0.965. The molecule has 0 radical (unpaired) electrons. The van der Waals surface area contributed by atoms with Crippen LogP contribution in [0.3, 0.4) is 0 Å². The second kappa shape index (κ2) is 7.83. The summed E-state index contributed by atoms with van der Waals surface area (Å²) in [7, 11) is 3.53. The molecular weight excluding hydrogens is 292 g/mol. The number of hydrogen-bond donors (Lipinski definition) is 1. The molecule has 23 heavy (non-hydrogen) atoms. The van der Waals surface area contributed by atoms with Gasteiger partial charge >= 0.3 is 0 Å². The topological polar surface area (TPSA) is 54.7 Å². The number of hydrogen-bond acceptors (Lipinski definition) is 4. The van der Waals surface area contributed by atoms with Crippen LogP contribution in [0.25, 0.3) is 0 Å². The fourth-order valence-corrected chi connectivity index (χ4v) is 2.53. The maximum Gasteiger partial charge on any atom is 0.234 e. The maximum absolute atomic E-state index is 12.2. The highest BCUT2D eigenvalue weighted by atomic mass is 16.5. The fraction of sp³-hybridized carbons (Fsp3) is 0.389. The Balaban J connectivity index is 1.88. The SMILES string of the molecule is COc1ccccc1[C@H](C)NC(=O)CN(C)Cc1ccc(C)o1. The van der Waals surface area contributed by atoms with Crippen LogP contribution in [0.4, 0.5) is 0 Å². The quantitative estimate of drug-likeness (QED) is 0.853. The van der Waals surface area contributed by atoms with Crippen LogP contribution in [0.15, 0.2) is 40.8 Å². The highest BCUT2D eigenvalue weighted by molar-refractivity contribution is 5.78. The molecule has 1 heterocycles. The van der Waals surface area contributed by atoms with Gasteiger partial charge in [-0.05, 0) is 39.1 Å². The van der Waals surface area contributed by atoms with Gasteiger partial charge in [-0.1, -0.05) is 18.2 Å². The first-order valence-electron chi connectivity index (χ1n) is 7.65. The molecule has 1 aromatic heterocycles. The van der Waals surface area contributed by atoms with Gasteiger partial charge in [0.25, 0.3) is 0 Å². The average Bonchev–Trinajstić information content (AvgIpc) is 2.91. The second-order valence-electron chi connectivity index (χ2n) is 5.72. The first-order chi connectivity index (χ1) is 11.0. The van der Waals surface area contributed by atoms with E-state index in [2.05, 4.69) is 5.32 Å². The molecule has 1 N–H and O–H groups in total. The lowest BCUT2D eigenvalue weighted by molar-refractivity contribution is -0.122. The van der Waals surface area contributed by atoms with Crippen molar-refractivity contribution in [2.45, 2.75) is 26.4 Å². The Bertz CT molecular complexity index is 651. The number of ether oxygens (including phenoxy) is 1. The van der Waals surface area contributed by atoms with Gasteiger partial charge in [0.1, 0.15) is 17.3 Å². The van der Waals surface area contributed by atoms with E-state index in [9.17, 15) is 4.79 Å². The molecular formula is C18H24N2O3. The number of amides is 1. The van der Waals surface area contributed by atoms with Gasteiger partial charge in [-0.25, -0.2) is 0 Å². The minimum atomic E-state index is -0.113. The number of aryl methyl sites for hydroxylation is 1. The Morgan fingerprint density at radius 2 is 2.04 bits per heavy atom. The highest BCUT2D eigenvalue weighted by Crippen LogP contribution is 2.24. The third-order valence-corrected chi connectivity index (χ3v) is 3.62. The zero-order valence-electron chi connectivity index (χ0n) is 14.1. The minimum Gasteiger partial charge on any atom is -0.496 e. The Morgan fingerprint density at radius 3 is 2.70 bits per heavy atom. The summed E-state index contributed by atoms with van der Waals surface area (Å²) in [6.07, 6.45) is 0. The molecule has 0 aliphatic rings. The monoisotopic (exact) mass is 316 g/mol. The van der Waals surface area contributed by atoms with Crippen LogP contribution in [0, 0.1) is 6.92 Å². The van der Waals surface area contributed by atoms with E-state index in [-0.39, 0.29) is 11.9 Å². The summed E-state index contributed by atoms with van der Waals surface area (Å²) in [6, 6.07) is 11.4. The van der Waals surface area contributed by atoms with Gasteiger partial charge in [-0.2, -0.15) is 0 Å². The van der Waals surface area contributed by atoms with E-state index in [4.69, 9.17) is 9.15 Å². The number of likely N-dealkylation sites (N-methyl/N-ethyl adjacent to an activating group) is 1. The second-order valence-corrected chi connectivity index (χ2v) is 5.72. The number of nitrogens with zero attached hydrogens (tertiary/aromatic N) is 1. The van der Waals surface area contributed by atoms with Crippen LogP contribution in [0.5, 0.6) is 5.75 Å². The Hall–Kier alpha value is -2.27. The summed E-state index contributed by atoms with van der Waals surface area (Å²) in [4.78, 5) is 14.1. The third-order valence-electron chi connectivity index (χ3n) is 3.62. The molecule has 2 rings (SSSR count). The molecule has 5 heteroatoms. The van der Waals surface area contributed by atoms with Gasteiger partial charge in [0.15, 0.2) is 0 Å². The molecule has 0 saturated heterocycles. The summed E-state index contributed by atoms with van der Waals surface area (Å²) in [5, 5.41) is 3.00. The molecule has 1 aromatic carbocycles. The number of carbonyl (C=O) groups excluding carboxylic acids is 1. The van der Waals surface area contributed by atoms with Crippen LogP contribution in [0.1, 0.15) is 30.0 Å². The van der Waals surface area contributed by atoms with Gasteiger partial charge in [0, 0.05) is 5.56 Å². The molecule has 0 saturated carbocycles. The number of para-hydroxylation sites is 1. The van der Waals surface area contributed by atoms with Crippen molar-refractivity contribution >= 4 is 5.91 Å². The van der Waals surface area contributed by atoms with Gasteiger partial charge in [-0.3, -0.25) is 9.69 Å². The first kappa shape index (κ1) is 17.1. The first-order valence-corrected chi connectivity index (χ1v) is 7.65. The summed E-state index contributed by atoms with van der Waals surface area (Å²) >= 11 is 0. The van der Waals surface area contributed by atoms with E-state index < -0.39 is 0 Å². The van der Waals surface area contributed by atoms with Crippen LogP contribution >= 0.6 is 0 Å². The van der Waals surface area contributed by atoms with E-state index in [0.29, 0.717) is 13.1 Å². The van der Waals surface area contributed by atoms with Gasteiger partial charge in [0.2, 0.25) is 5.91 Å². The lowest BCUT2D eigenvalue weighted by Gasteiger charge is -2.20. The Morgan fingerprint density at radius 1 is 1.30 bits per heavy atom. The van der Waals surface area contributed by atoms with Crippen LogP contribution in [0.2, 0.25) is 0 Å². The molecule has 124 valence electrons. The molecule has 0 spiro atoms. The number of furan rings is 1. The molecule has 1 atom stereocenters. The normalized spacial score (nSPS) is 12.2. The van der Waals surface area contributed by atoms with Gasteiger partial charge in [-0.15, -0.1) is 0 Å². The summed E-state index contributed by atoms with van der Waals surface area (Å²) < 4.78 is 10.9. The Labute approximate surface area is 137 Å². The third kappa shape index (κ3) is 4.86. The van der Waals surface area contributed by atoms with Crippen molar-refractivity contribution in [2.75, 3.05) is 20.7 Å². The van der Waals surface area contributed by atoms with Crippen molar-refractivity contribution in [1.29, 1.82) is 0 Å². The van der Waals surface area contributed by atoms with Crippen molar-refractivity contribution in [2.24, 2.45) is 0 Å². The smallest absolute Gasteiger partial charge is 0.234 e. The molecule has 0 aliphatic heterocycles. The fourth-order valence-electron chi connectivity index (χ4n) is 2.53. The molecule has 0 aliphatic carbocycles. The zero-order valence-corrected chi connectivity index (χ0v) is 14.1. The lowest BCUT2D eigenvalue weighted by Crippen LogP contribution is -2.36. The van der Waals surface area contributed by atoms with Crippen LogP contribution in [-0.4, -0.2) is 31.5 Å². The Kier molecular flexibility index (Phi) is 5.82. The van der Waals surface area contributed by atoms with E-state index in [1.54, 1.807) is 7.11 Å². The standard InChI is InChI=1S/C18H24N2O3/c1-13-9-10-15(23-13)11-20(3)12-18(21)19-14(2)16-7-5-6-8-17(16)22-4/h5-10,14H,11-12H2,1-4H3,(H,19,21)/t14-/m0/s1. The average molecular weight is 316 g/mol. The van der Waals surface area contributed by atoms with E-state index >= 15 is 0 Å². The minimum absolute atomic E-state index is 0.0332. The molecule has 1 amide bonds. The zero-order chi connectivity index (χ0) is 16.8. The van der Waals surface area contributed by atoms with Crippen molar-refractivity contribution < 1.29 is 13.9 Å². The maximum atomic E-state index is 12.2. The molecule has 0 unspecified atom stereocenters. The number of nitrogens with one attached hydrogen (secondary N) is 1. The lowest BCUT2D eigenvalue weighted by atomic mass is 10.1. The molecule has 5 nitrogen and oxygen atoms in total. The summed E-state index contributed by atoms with van der Waals surface area (Å²) in [5.74, 6) is 2.48. The largest absolute Gasteiger partial charge is 0.496 e. The molecule has 2 aromatic rings. The van der Waals surface area contributed by atoms with E-state index in [1.165, 1.54) is 0 Å². The number of benzene rings is 1. The van der Waals surface area contributed by atoms with Crippen molar-refractivity contribution in [3.05, 3.63) is 53.5 Å². The highest BCUT2D eigenvalue weighted by Gasteiger charge is 2.15. The molecule has 0 fully saturated rings. The van der Waals surface area contributed by atoms with Gasteiger partial charge < -0.3 is 14.5 Å².